The highest BCUT2D eigenvalue weighted by Gasteiger charge is 2.31. The summed E-state index contributed by atoms with van der Waals surface area (Å²) in [5.41, 5.74) is -0.470. The van der Waals surface area contributed by atoms with Crippen LogP contribution in [-0.4, -0.2) is 36.4 Å². The average Bonchev–Trinajstić information content (AvgIpc) is 2.72. The quantitative estimate of drug-likeness (QED) is 0.589. The molecule has 0 radical (unpaired) electrons. The van der Waals surface area contributed by atoms with Crippen LogP contribution in [0.25, 0.3) is 0 Å². The van der Waals surface area contributed by atoms with Gasteiger partial charge in [0.25, 0.3) is 0 Å². The zero-order valence-corrected chi connectivity index (χ0v) is 8.18. The molecule has 1 saturated carbocycles. The van der Waals surface area contributed by atoms with Crippen molar-refractivity contribution >= 4 is 0 Å². The highest BCUT2D eigenvalue weighted by Crippen LogP contribution is 2.19. The summed E-state index contributed by atoms with van der Waals surface area (Å²) in [7, 11) is 0. The van der Waals surface area contributed by atoms with Gasteiger partial charge in [0.1, 0.15) is 0 Å². The van der Waals surface area contributed by atoms with Crippen LogP contribution in [0.4, 0.5) is 0 Å². The number of rotatable bonds is 3. The molecular formula is C10H20N2O. The number of aliphatic hydroxyl groups is 1. The van der Waals surface area contributed by atoms with Crippen LogP contribution in [-0.2, 0) is 0 Å². The molecule has 2 aliphatic rings. The van der Waals surface area contributed by atoms with E-state index >= 15 is 0 Å². The van der Waals surface area contributed by atoms with E-state index in [1.54, 1.807) is 0 Å². The van der Waals surface area contributed by atoms with E-state index < -0.39 is 5.60 Å². The summed E-state index contributed by atoms with van der Waals surface area (Å²) in [5, 5.41) is 16.7. The molecule has 1 aliphatic heterocycles. The van der Waals surface area contributed by atoms with E-state index in [1.807, 2.05) is 0 Å². The van der Waals surface area contributed by atoms with Crippen molar-refractivity contribution in [2.45, 2.75) is 43.7 Å². The fourth-order valence-electron chi connectivity index (χ4n) is 2.35. The lowest BCUT2D eigenvalue weighted by molar-refractivity contribution is 0.0583. The summed E-state index contributed by atoms with van der Waals surface area (Å²) < 4.78 is 0. The lowest BCUT2D eigenvalue weighted by Crippen LogP contribution is -2.45. The molecule has 1 heterocycles. The van der Waals surface area contributed by atoms with Crippen LogP contribution >= 0.6 is 0 Å². The van der Waals surface area contributed by atoms with Crippen molar-refractivity contribution in [2.75, 3.05) is 19.6 Å². The minimum Gasteiger partial charge on any atom is -0.387 e. The molecule has 3 nitrogen and oxygen atoms in total. The van der Waals surface area contributed by atoms with E-state index in [1.165, 1.54) is 25.7 Å². The Morgan fingerprint density at radius 2 is 2.15 bits per heavy atom. The summed E-state index contributed by atoms with van der Waals surface area (Å²) in [6.45, 7) is 2.49. The average molecular weight is 184 g/mol. The lowest BCUT2D eigenvalue weighted by atomic mass is 10.0. The molecule has 2 fully saturated rings. The molecule has 0 bridgehead atoms. The predicted molar refractivity (Wildman–Crippen MR) is 52.7 cm³/mol. The first-order valence-corrected chi connectivity index (χ1v) is 5.45. The lowest BCUT2D eigenvalue weighted by Gasteiger charge is -2.24. The summed E-state index contributed by atoms with van der Waals surface area (Å²) in [6, 6.07) is 0.671. The molecule has 3 heteroatoms. The summed E-state index contributed by atoms with van der Waals surface area (Å²) in [6.07, 6.45) is 6.20. The number of β-amino-alcohol motifs (C(OH)–C–C–N with tert-alkyl or cyclic N) is 1. The standard InChI is InChI=1S/C10H20N2O/c13-10(5-6-11-7-10)8-12-9-3-1-2-4-9/h9,11-13H,1-8H2. The molecule has 1 aliphatic carbocycles. The van der Waals surface area contributed by atoms with Gasteiger partial charge in [-0.2, -0.15) is 0 Å². The second kappa shape index (κ2) is 3.95. The van der Waals surface area contributed by atoms with Gasteiger partial charge in [-0.3, -0.25) is 0 Å². The highest BCUT2D eigenvalue weighted by molar-refractivity contribution is 4.91. The Labute approximate surface area is 79.9 Å². The van der Waals surface area contributed by atoms with Crippen molar-refractivity contribution < 1.29 is 5.11 Å². The molecular weight excluding hydrogens is 164 g/mol. The maximum Gasteiger partial charge on any atom is 0.0907 e. The summed E-state index contributed by atoms with van der Waals surface area (Å²) >= 11 is 0. The molecule has 13 heavy (non-hydrogen) atoms. The minimum absolute atomic E-state index is 0.470. The largest absolute Gasteiger partial charge is 0.387 e. The van der Waals surface area contributed by atoms with E-state index in [2.05, 4.69) is 10.6 Å². The summed E-state index contributed by atoms with van der Waals surface area (Å²) in [4.78, 5) is 0. The van der Waals surface area contributed by atoms with E-state index in [-0.39, 0.29) is 0 Å². The highest BCUT2D eigenvalue weighted by atomic mass is 16.3. The molecule has 0 aromatic carbocycles. The van der Waals surface area contributed by atoms with Gasteiger partial charge in [0.15, 0.2) is 0 Å². The fraction of sp³-hybridized carbons (Fsp3) is 1.00. The van der Waals surface area contributed by atoms with Gasteiger partial charge in [0.2, 0.25) is 0 Å². The van der Waals surface area contributed by atoms with Crippen LogP contribution in [0.15, 0.2) is 0 Å². The van der Waals surface area contributed by atoms with Crippen molar-refractivity contribution in [2.24, 2.45) is 0 Å². The first-order chi connectivity index (χ1) is 6.29. The van der Waals surface area contributed by atoms with E-state index in [9.17, 15) is 5.11 Å². The Morgan fingerprint density at radius 1 is 1.38 bits per heavy atom. The van der Waals surface area contributed by atoms with Gasteiger partial charge < -0.3 is 15.7 Å². The normalized spacial score (nSPS) is 35.8. The Bertz CT molecular complexity index is 160. The van der Waals surface area contributed by atoms with Crippen LogP contribution in [0.5, 0.6) is 0 Å². The number of hydrogen-bond acceptors (Lipinski definition) is 3. The third kappa shape index (κ3) is 2.42. The van der Waals surface area contributed by atoms with Crippen LogP contribution in [0.1, 0.15) is 32.1 Å². The second-order valence-corrected chi connectivity index (χ2v) is 4.51. The van der Waals surface area contributed by atoms with Gasteiger partial charge >= 0.3 is 0 Å². The summed E-state index contributed by atoms with van der Waals surface area (Å²) in [5.74, 6) is 0. The van der Waals surface area contributed by atoms with Crippen molar-refractivity contribution in [3.05, 3.63) is 0 Å². The third-order valence-corrected chi connectivity index (χ3v) is 3.30. The Hall–Kier alpha value is -0.120. The number of nitrogens with one attached hydrogen (secondary N) is 2. The Kier molecular flexibility index (Phi) is 2.86. The van der Waals surface area contributed by atoms with Crippen LogP contribution in [0.3, 0.4) is 0 Å². The fourth-order valence-corrected chi connectivity index (χ4v) is 2.35. The Balaban J connectivity index is 1.71. The Morgan fingerprint density at radius 3 is 2.77 bits per heavy atom. The molecule has 0 aromatic rings. The van der Waals surface area contributed by atoms with Gasteiger partial charge in [-0.1, -0.05) is 12.8 Å². The maximum absolute atomic E-state index is 10.0. The number of hydrogen-bond donors (Lipinski definition) is 3. The first-order valence-electron chi connectivity index (χ1n) is 5.45. The van der Waals surface area contributed by atoms with Crippen molar-refractivity contribution in [1.82, 2.24) is 10.6 Å². The van der Waals surface area contributed by atoms with Crippen LogP contribution < -0.4 is 10.6 Å². The molecule has 1 atom stereocenters. The van der Waals surface area contributed by atoms with Crippen molar-refractivity contribution in [3.63, 3.8) is 0 Å². The van der Waals surface area contributed by atoms with Crippen molar-refractivity contribution in [1.29, 1.82) is 0 Å². The second-order valence-electron chi connectivity index (χ2n) is 4.51. The first kappa shape index (κ1) is 9.44. The van der Waals surface area contributed by atoms with Crippen LogP contribution in [0.2, 0.25) is 0 Å². The minimum atomic E-state index is -0.470. The smallest absolute Gasteiger partial charge is 0.0907 e. The molecule has 1 saturated heterocycles. The maximum atomic E-state index is 10.0. The topological polar surface area (TPSA) is 44.3 Å². The SMILES string of the molecule is OC1(CNC2CCCC2)CCNC1. The predicted octanol–water partition coefficient (Wildman–Crippen LogP) is 0.243. The zero-order valence-electron chi connectivity index (χ0n) is 8.18. The third-order valence-electron chi connectivity index (χ3n) is 3.30. The van der Waals surface area contributed by atoms with E-state index in [4.69, 9.17) is 0 Å². The van der Waals surface area contributed by atoms with Crippen molar-refractivity contribution in [3.8, 4) is 0 Å². The van der Waals surface area contributed by atoms with Crippen LogP contribution in [0, 0.1) is 0 Å². The van der Waals surface area contributed by atoms with Gasteiger partial charge in [-0.15, -0.1) is 0 Å². The van der Waals surface area contributed by atoms with E-state index in [0.29, 0.717) is 6.04 Å². The van der Waals surface area contributed by atoms with Gasteiger partial charge in [0.05, 0.1) is 5.60 Å². The molecule has 0 spiro atoms. The molecule has 2 rings (SSSR count). The molecule has 1 unspecified atom stereocenters. The molecule has 76 valence electrons. The monoisotopic (exact) mass is 184 g/mol. The molecule has 3 N–H and O–H groups in total. The molecule has 0 amide bonds. The van der Waals surface area contributed by atoms with E-state index in [0.717, 1.165) is 26.1 Å². The van der Waals surface area contributed by atoms with Gasteiger partial charge in [0, 0.05) is 19.1 Å². The van der Waals surface area contributed by atoms with Gasteiger partial charge in [-0.25, -0.2) is 0 Å². The zero-order chi connectivity index (χ0) is 9.15. The van der Waals surface area contributed by atoms with Gasteiger partial charge in [-0.05, 0) is 25.8 Å². The molecule has 0 aromatic heterocycles.